The van der Waals surface area contributed by atoms with Crippen LogP contribution in [-0.4, -0.2) is 12.8 Å². The minimum Gasteiger partial charge on any atom is -0.463 e. The summed E-state index contributed by atoms with van der Waals surface area (Å²) in [5, 5.41) is 9.06. The summed E-state index contributed by atoms with van der Waals surface area (Å²) in [6.07, 6.45) is 4.19. The molecular formula is C20H18N2O. The molecule has 1 spiro atoms. The molecule has 1 unspecified atom stereocenters. The molecule has 0 bridgehead atoms. The van der Waals surface area contributed by atoms with Gasteiger partial charge in [-0.3, -0.25) is 0 Å². The molecule has 23 heavy (non-hydrogen) atoms. The summed E-state index contributed by atoms with van der Waals surface area (Å²) in [6, 6.07) is 16.2. The summed E-state index contributed by atoms with van der Waals surface area (Å²) in [5.41, 5.74) is 3.33. The van der Waals surface area contributed by atoms with Crippen LogP contribution in [0.15, 0.2) is 48.5 Å². The molecule has 3 heteroatoms. The topological polar surface area (TPSA) is 36.3 Å². The van der Waals surface area contributed by atoms with Gasteiger partial charge in [0.1, 0.15) is 5.75 Å². The Hall–Kier alpha value is -2.73. The maximum Gasteiger partial charge on any atom is 0.211 e. The normalized spacial score (nSPS) is 23.1. The molecule has 2 aliphatic rings. The lowest BCUT2D eigenvalue weighted by molar-refractivity contribution is 0.0582. The van der Waals surface area contributed by atoms with E-state index < -0.39 is 5.72 Å². The van der Waals surface area contributed by atoms with Gasteiger partial charge in [-0.2, -0.15) is 5.26 Å². The van der Waals surface area contributed by atoms with Crippen molar-refractivity contribution in [2.45, 2.75) is 25.0 Å². The second kappa shape index (κ2) is 4.39. The third kappa shape index (κ3) is 1.64. The molecule has 1 atom stereocenters. The van der Waals surface area contributed by atoms with E-state index in [2.05, 4.69) is 68.3 Å². The maximum atomic E-state index is 9.06. The van der Waals surface area contributed by atoms with E-state index in [4.69, 9.17) is 10.00 Å². The maximum absolute atomic E-state index is 9.06. The minimum atomic E-state index is -0.558. The van der Waals surface area contributed by atoms with Gasteiger partial charge in [0.25, 0.3) is 0 Å². The Morgan fingerprint density at radius 3 is 2.65 bits per heavy atom. The monoisotopic (exact) mass is 302 g/mol. The molecule has 0 fully saturated rings. The van der Waals surface area contributed by atoms with Gasteiger partial charge in [0, 0.05) is 18.3 Å². The average Bonchev–Trinajstić information content (AvgIpc) is 2.74. The number of benzene rings is 2. The first-order valence-electron chi connectivity index (χ1n) is 7.75. The first-order chi connectivity index (χ1) is 11.0. The average molecular weight is 302 g/mol. The molecule has 0 N–H and O–H groups in total. The van der Waals surface area contributed by atoms with Crippen LogP contribution in [0.3, 0.4) is 0 Å². The van der Waals surface area contributed by atoms with Crippen molar-refractivity contribution < 1.29 is 4.74 Å². The highest BCUT2D eigenvalue weighted by Gasteiger charge is 2.57. The molecular weight excluding hydrogens is 284 g/mol. The number of hydrogen-bond donors (Lipinski definition) is 0. The molecule has 0 saturated heterocycles. The van der Waals surface area contributed by atoms with Crippen LogP contribution in [0.2, 0.25) is 0 Å². The zero-order valence-corrected chi connectivity index (χ0v) is 13.5. The van der Waals surface area contributed by atoms with Gasteiger partial charge in [-0.15, -0.1) is 0 Å². The van der Waals surface area contributed by atoms with E-state index >= 15 is 0 Å². The van der Waals surface area contributed by atoms with E-state index in [1.807, 2.05) is 12.1 Å². The second-order valence-corrected chi connectivity index (χ2v) is 6.70. The van der Waals surface area contributed by atoms with E-state index in [0.717, 1.165) is 11.3 Å². The molecule has 2 aliphatic heterocycles. The van der Waals surface area contributed by atoms with Crippen LogP contribution in [0, 0.1) is 11.3 Å². The second-order valence-electron chi connectivity index (χ2n) is 6.70. The zero-order chi connectivity index (χ0) is 16.2. The van der Waals surface area contributed by atoms with Crippen LogP contribution in [0.5, 0.6) is 5.75 Å². The Balaban J connectivity index is 1.87. The van der Waals surface area contributed by atoms with E-state index in [-0.39, 0.29) is 5.41 Å². The fourth-order valence-corrected chi connectivity index (χ4v) is 3.85. The standard InChI is InChI=1S/C20H18N2O/c1-19(2)16-6-4-5-7-17(16)22(3)20(19)11-10-15-12-14(13-21)8-9-18(15)23-20/h4-12H,1-3H3. The lowest BCUT2D eigenvalue weighted by Crippen LogP contribution is -2.58. The van der Waals surface area contributed by atoms with Crippen molar-refractivity contribution >= 4 is 11.8 Å². The van der Waals surface area contributed by atoms with Crippen LogP contribution in [0.4, 0.5) is 5.69 Å². The smallest absolute Gasteiger partial charge is 0.211 e. The van der Waals surface area contributed by atoms with Gasteiger partial charge in [-0.1, -0.05) is 18.2 Å². The number of fused-ring (bicyclic) bond motifs is 2. The Morgan fingerprint density at radius 1 is 1.13 bits per heavy atom. The van der Waals surface area contributed by atoms with E-state index in [1.165, 1.54) is 11.3 Å². The Bertz CT molecular complexity index is 875. The quantitative estimate of drug-likeness (QED) is 0.735. The van der Waals surface area contributed by atoms with Crippen LogP contribution >= 0.6 is 0 Å². The zero-order valence-electron chi connectivity index (χ0n) is 13.5. The van der Waals surface area contributed by atoms with Gasteiger partial charge in [-0.05, 0) is 55.8 Å². The van der Waals surface area contributed by atoms with Crippen molar-refractivity contribution in [2.75, 3.05) is 11.9 Å². The predicted octanol–water partition coefficient (Wildman–Crippen LogP) is 4.09. The van der Waals surface area contributed by atoms with Gasteiger partial charge >= 0.3 is 0 Å². The van der Waals surface area contributed by atoms with Crippen LogP contribution in [0.1, 0.15) is 30.5 Å². The lowest BCUT2D eigenvalue weighted by Gasteiger charge is -2.45. The largest absolute Gasteiger partial charge is 0.463 e. The number of nitriles is 1. The number of nitrogens with zero attached hydrogens (tertiary/aromatic N) is 2. The molecule has 2 aromatic carbocycles. The van der Waals surface area contributed by atoms with Crippen molar-refractivity contribution in [2.24, 2.45) is 0 Å². The summed E-state index contributed by atoms with van der Waals surface area (Å²) in [6.45, 7) is 4.43. The molecule has 0 radical (unpaired) electrons. The van der Waals surface area contributed by atoms with Gasteiger partial charge in [-0.25, -0.2) is 0 Å². The molecule has 0 saturated carbocycles. The van der Waals surface area contributed by atoms with Crippen molar-refractivity contribution in [1.82, 2.24) is 0 Å². The number of likely N-dealkylation sites (N-methyl/N-ethyl adjacent to an activating group) is 1. The number of hydrogen-bond acceptors (Lipinski definition) is 3. The molecule has 0 aromatic heterocycles. The predicted molar refractivity (Wildman–Crippen MR) is 91.4 cm³/mol. The van der Waals surface area contributed by atoms with Crippen molar-refractivity contribution in [3.05, 3.63) is 65.2 Å². The fourth-order valence-electron chi connectivity index (χ4n) is 3.85. The minimum absolute atomic E-state index is 0.194. The lowest BCUT2D eigenvalue weighted by atomic mass is 9.76. The third-order valence-electron chi connectivity index (χ3n) is 5.23. The first-order valence-corrected chi connectivity index (χ1v) is 7.75. The summed E-state index contributed by atoms with van der Waals surface area (Å²) in [5.74, 6) is 0.819. The summed E-state index contributed by atoms with van der Waals surface area (Å²) in [7, 11) is 2.08. The SMILES string of the molecule is CN1c2ccccc2C(C)(C)C12C=Cc1cc(C#N)ccc1O2. The van der Waals surface area contributed by atoms with Crippen LogP contribution in [-0.2, 0) is 5.41 Å². The van der Waals surface area contributed by atoms with Crippen LogP contribution < -0.4 is 9.64 Å². The van der Waals surface area contributed by atoms with Crippen molar-refractivity contribution in [1.29, 1.82) is 5.26 Å². The highest BCUT2D eigenvalue weighted by atomic mass is 16.5. The number of para-hydroxylation sites is 1. The molecule has 3 nitrogen and oxygen atoms in total. The Kier molecular flexibility index (Phi) is 2.65. The molecule has 2 heterocycles. The summed E-state index contributed by atoms with van der Waals surface area (Å²) in [4.78, 5) is 2.21. The third-order valence-corrected chi connectivity index (χ3v) is 5.23. The molecule has 0 aliphatic carbocycles. The summed E-state index contributed by atoms with van der Waals surface area (Å²) < 4.78 is 6.52. The fraction of sp³-hybridized carbons (Fsp3) is 0.250. The number of rotatable bonds is 0. The van der Waals surface area contributed by atoms with Crippen LogP contribution in [0.25, 0.3) is 6.08 Å². The van der Waals surface area contributed by atoms with Gasteiger partial charge in [0.05, 0.1) is 17.0 Å². The van der Waals surface area contributed by atoms with E-state index in [0.29, 0.717) is 5.56 Å². The first kappa shape index (κ1) is 13.9. The van der Waals surface area contributed by atoms with Gasteiger partial charge in [0.2, 0.25) is 5.72 Å². The number of anilines is 1. The summed E-state index contributed by atoms with van der Waals surface area (Å²) >= 11 is 0. The van der Waals surface area contributed by atoms with Crippen molar-refractivity contribution in [3.8, 4) is 11.8 Å². The molecule has 0 amide bonds. The van der Waals surface area contributed by atoms with Gasteiger partial charge in [0.15, 0.2) is 0 Å². The molecule has 2 aromatic rings. The highest BCUT2D eigenvalue weighted by Crippen LogP contribution is 2.54. The molecule has 4 rings (SSSR count). The van der Waals surface area contributed by atoms with Gasteiger partial charge < -0.3 is 9.64 Å². The van der Waals surface area contributed by atoms with E-state index in [1.54, 1.807) is 6.07 Å². The Morgan fingerprint density at radius 2 is 1.91 bits per heavy atom. The molecule has 114 valence electrons. The Labute approximate surface area is 136 Å². The highest BCUT2D eigenvalue weighted by molar-refractivity contribution is 5.72. The van der Waals surface area contributed by atoms with E-state index in [9.17, 15) is 0 Å². The number of ether oxygens (including phenoxy) is 1. The van der Waals surface area contributed by atoms with Crippen molar-refractivity contribution in [3.63, 3.8) is 0 Å².